The third-order valence-electron chi connectivity index (χ3n) is 2.66. The molecule has 5 nitrogen and oxygen atoms in total. The lowest BCUT2D eigenvalue weighted by Gasteiger charge is -2.08. The first-order chi connectivity index (χ1) is 7.72. The van der Waals surface area contributed by atoms with Gasteiger partial charge in [-0.05, 0) is 13.3 Å². The van der Waals surface area contributed by atoms with Gasteiger partial charge in [-0.1, -0.05) is 0 Å². The Labute approximate surface area is 93.8 Å². The van der Waals surface area contributed by atoms with Crippen LogP contribution in [0.1, 0.15) is 23.8 Å². The molecule has 0 saturated carbocycles. The van der Waals surface area contributed by atoms with Gasteiger partial charge in [-0.25, -0.2) is 9.97 Å². The van der Waals surface area contributed by atoms with Gasteiger partial charge in [-0.15, -0.1) is 0 Å². The Hall–Kier alpha value is -1.49. The fraction of sp³-hybridized carbons (Fsp3) is 0.545. The lowest BCUT2D eigenvalue weighted by Crippen LogP contribution is -2.17. The summed E-state index contributed by atoms with van der Waals surface area (Å²) >= 11 is 0. The average molecular weight is 222 g/mol. The van der Waals surface area contributed by atoms with Gasteiger partial charge in [-0.3, -0.25) is 4.79 Å². The first kappa shape index (κ1) is 11.0. The highest BCUT2D eigenvalue weighted by atomic mass is 16.5. The van der Waals surface area contributed by atoms with Gasteiger partial charge < -0.3 is 9.47 Å². The molecule has 1 saturated heterocycles. The van der Waals surface area contributed by atoms with Crippen LogP contribution in [0, 0.1) is 5.92 Å². The Morgan fingerprint density at radius 3 is 2.88 bits per heavy atom. The molecule has 2 unspecified atom stereocenters. The summed E-state index contributed by atoms with van der Waals surface area (Å²) in [5.41, 5.74) is 0.299. The third kappa shape index (κ3) is 2.04. The molecule has 2 rings (SSSR count). The van der Waals surface area contributed by atoms with E-state index in [0.717, 1.165) is 6.42 Å². The van der Waals surface area contributed by atoms with Gasteiger partial charge in [-0.2, -0.15) is 0 Å². The molecule has 2 atom stereocenters. The minimum Gasteiger partial charge on any atom is -0.479 e. The Bertz CT molecular complexity index is 395. The molecule has 0 radical (unpaired) electrons. The number of hydrogen-bond donors (Lipinski definition) is 0. The van der Waals surface area contributed by atoms with Gasteiger partial charge in [0.25, 0.3) is 0 Å². The summed E-state index contributed by atoms with van der Waals surface area (Å²) in [7, 11) is 1.48. The highest BCUT2D eigenvalue weighted by Gasteiger charge is 2.31. The lowest BCUT2D eigenvalue weighted by atomic mass is 9.99. The number of nitrogens with zero attached hydrogens (tertiary/aromatic N) is 2. The number of rotatable bonds is 3. The van der Waals surface area contributed by atoms with Crippen molar-refractivity contribution in [2.75, 3.05) is 13.7 Å². The van der Waals surface area contributed by atoms with E-state index in [-0.39, 0.29) is 23.7 Å². The van der Waals surface area contributed by atoms with Crippen molar-refractivity contribution in [2.24, 2.45) is 5.92 Å². The predicted octanol–water partition coefficient (Wildman–Crippen LogP) is 1.09. The Morgan fingerprint density at radius 1 is 1.50 bits per heavy atom. The second-order valence-corrected chi connectivity index (χ2v) is 3.86. The van der Waals surface area contributed by atoms with Crippen LogP contribution in [0.15, 0.2) is 12.4 Å². The van der Waals surface area contributed by atoms with Gasteiger partial charge in [0.2, 0.25) is 5.88 Å². The summed E-state index contributed by atoms with van der Waals surface area (Å²) in [6.45, 7) is 2.42. The van der Waals surface area contributed by atoms with E-state index < -0.39 is 0 Å². The molecule has 0 spiro atoms. The zero-order chi connectivity index (χ0) is 11.5. The minimum atomic E-state index is -0.124. The molecule has 1 aromatic heterocycles. The highest BCUT2D eigenvalue weighted by Crippen LogP contribution is 2.25. The maximum Gasteiger partial charge on any atom is 0.243 e. The average Bonchev–Trinajstić information content (AvgIpc) is 2.75. The molecule has 0 aromatic carbocycles. The number of carbonyl (C=O) groups is 1. The van der Waals surface area contributed by atoms with Crippen LogP contribution >= 0.6 is 0 Å². The van der Waals surface area contributed by atoms with Crippen molar-refractivity contribution in [3.05, 3.63) is 18.1 Å². The summed E-state index contributed by atoms with van der Waals surface area (Å²) < 4.78 is 10.4. The number of Topliss-reactive ketones (excluding diaryl/α,β-unsaturated/α-hetero) is 1. The number of hydrogen-bond acceptors (Lipinski definition) is 5. The van der Waals surface area contributed by atoms with Crippen molar-refractivity contribution in [1.29, 1.82) is 0 Å². The van der Waals surface area contributed by atoms with Gasteiger partial charge in [0.05, 0.1) is 25.7 Å². The first-order valence-electron chi connectivity index (χ1n) is 5.23. The van der Waals surface area contributed by atoms with E-state index >= 15 is 0 Å². The van der Waals surface area contributed by atoms with Gasteiger partial charge in [0.1, 0.15) is 0 Å². The van der Waals surface area contributed by atoms with Gasteiger partial charge >= 0.3 is 0 Å². The fourth-order valence-corrected chi connectivity index (χ4v) is 1.84. The number of ketones is 1. The van der Waals surface area contributed by atoms with E-state index in [1.165, 1.54) is 19.5 Å². The summed E-state index contributed by atoms with van der Waals surface area (Å²) in [5.74, 6) is 0.113. The van der Waals surface area contributed by atoms with E-state index in [0.29, 0.717) is 12.3 Å². The second-order valence-electron chi connectivity index (χ2n) is 3.86. The van der Waals surface area contributed by atoms with Crippen LogP contribution in [0.25, 0.3) is 0 Å². The topological polar surface area (TPSA) is 61.3 Å². The quantitative estimate of drug-likeness (QED) is 0.716. The molecule has 0 N–H and O–H groups in total. The van der Waals surface area contributed by atoms with E-state index in [9.17, 15) is 4.79 Å². The van der Waals surface area contributed by atoms with E-state index in [4.69, 9.17) is 9.47 Å². The molecule has 86 valence electrons. The van der Waals surface area contributed by atoms with Crippen LogP contribution in [0.3, 0.4) is 0 Å². The van der Waals surface area contributed by atoms with Crippen molar-refractivity contribution in [1.82, 2.24) is 9.97 Å². The maximum absolute atomic E-state index is 12.1. The Morgan fingerprint density at radius 2 is 2.25 bits per heavy atom. The fourth-order valence-electron chi connectivity index (χ4n) is 1.84. The Kier molecular flexibility index (Phi) is 3.14. The summed E-state index contributed by atoms with van der Waals surface area (Å²) in [4.78, 5) is 20.1. The molecule has 1 aliphatic rings. The third-order valence-corrected chi connectivity index (χ3v) is 2.66. The minimum absolute atomic E-state index is 0.0469. The molecule has 16 heavy (non-hydrogen) atoms. The smallest absolute Gasteiger partial charge is 0.243 e. The second kappa shape index (κ2) is 4.57. The number of methoxy groups -OCH3 is 1. The zero-order valence-corrected chi connectivity index (χ0v) is 9.34. The number of carbonyl (C=O) groups excluding carboxylic acids is 1. The molecule has 2 heterocycles. The highest BCUT2D eigenvalue weighted by molar-refractivity contribution is 5.98. The van der Waals surface area contributed by atoms with Crippen molar-refractivity contribution < 1.29 is 14.3 Å². The molecule has 0 bridgehead atoms. The number of aromatic nitrogens is 2. The molecule has 5 heteroatoms. The van der Waals surface area contributed by atoms with Gasteiger partial charge in [0.15, 0.2) is 11.5 Å². The van der Waals surface area contributed by atoms with E-state index in [1.54, 1.807) is 0 Å². The van der Waals surface area contributed by atoms with Crippen LogP contribution < -0.4 is 4.74 Å². The summed E-state index contributed by atoms with van der Waals surface area (Å²) in [5, 5.41) is 0. The Balaban J connectivity index is 2.20. The molecule has 0 aliphatic carbocycles. The summed E-state index contributed by atoms with van der Waals surface area (Å²) in [6, 6.07) is 0. The molecule has 0 amide bonds. The van der Waals surface area contributed by atoms with Gasteiger partial charge in [0, 0.05) is 12.4 Å². The number of ether oxygens (including phenoxy) is 2. The standard InChI is InChI=1S/C11H14N2O3/c1-7-5-8(6-16-7)10(14)9-11(15-2)13-4-3-12-9/h3-4,7-8H,5-6H2,1-2H3. The van der Waals surface area contributed by atoms with Crippen molar-refractivity contribution >= 4 is 5.78 Å². The molecule has 1 fully saturated rings. The predicted molar refractivity (Wildman–Crippen MR) is 56.4 cm³/mol. The van der Waals surface area contributed by atoms with E-state index in [1.807, 2.05) is 6.92 Å². The monoisotopic (exact) mass is 222 g/mol. The molecule has 1 aromatic rings. The first-order valence-corrected chi connectivity index (χ1v) is 5.23. The van der Waals surface area contributed by atoms with Crippen molar-refractivity contribution in [2.45, 2.75) is 19.4 Å². The lowest BCUT2D eigenvalue weighted by molar-refractivity contribution is 0.0869. The van der Waals surface area contributed by atoms with Crippen LogP contribution in [0.5, 0.6) is 5.88 Å². The maximum atomic E-state index is 12.1. The summed E-state index contributed by atoms with van der Waals surface area (Å²) in [6.07, 6.45) is 3.87. The van der Waals surface area contributed by atoms with Crippen molar-refractivity contribution in [3.63, 3.8) is 0 Å². The molecular formula is C11H14N2O3. The largest absolute Gasteiger partial charge is 0.479 e. The zero-order valence-electron chi connectivity index (χ0n) is 9.34. The normalized spacial score (nSPS) is 24.4. The van der Waals surface area contributed by atoms with Crippen molar-refractivity contribution in [3.8, 4) is 5.88 Å². The molecular weight excluding hydrogens is 208 g/mol. The van der Waals surface area contributed by atoms with Crippen LogP contribution in [0.2, 0.25) is 0 Å². The van der Waals surface area contributed by atoms with Crippen LogP contribution in [-0.2, 0) is 4.74 Å². The van der Waals surface area contributed by atoms with Crippen LogP contribution in [0.4, 0.5) is 0 Å². The SMILES string of the molecule is COc1nccnc1C(=O)C1COC(C)C1. The van der Waals surface area contributed by atoms with Crippen LogP contribution in [-0.4, -0.2) is 35.6 Å². The van der Waals surface area contributed by atoms with E-state index in [2.05, 4.69) is 9.97 Å². The molecule has 1 aliphatic heterocycles.